The zero-order valence-corrected chi connectivity index (χ0v) is 12.5. The standard InChI is InChI=1S/C18H21FN2/c1-13-8-9-16(19)10-18(13)21-12-17(20-11-14(21)2)15-6-4-3-5-7-15/h3-10,14,17,20H,11-12H2,1-2H3. The van der Waals surface area contributed by atoms with Crippen LogP contribution in [0.25, 0.3) is 0 Å². The molecule has 0 aliphatic carbocycles. The van der Waals surface area contributed by atoms with Gasteiger partial charge in [-0.1, -0.05) is 36.4 Å². The largest absolute Gasteiger partial charge is 0.365 e. The Bertz CT molecular complexity index is 612. The van der Waals surface area contributed by atoms with Crippen molar-refractivity contribution in [3.63, 3.8) is 0 Å². The fourth-order valence-corrected chi connectivity index (χ4v) is 3.00. The van der Waals surface area contributed by atoms with E-state index in [0.717, 1.165) is 24.3 Å². The van der Waals surface area contributed by atoms with Crippen LogP contribution in [0.1, 0.15) is 24.1 Å². The summed E-state index contributed by atoms with van der Waals surface area (Å²) in [5, 5.41) is 3.58. The molecule has 2 unspecified atom stereocenters. The molecule has 0 bridgehead atoms. The first-order valence-corrected chi connectivity index (χ1v) is 7.46. The Morgan fingerprint density at radius 3 is 2.67 bits per heavy atom. The Hall–Kier alpha value is -1.87. The molecule has 2 aromatic carbocycles. The fraction of sp³-hybridized carbons (Fsp3) is 0.333. The molecule has 0 aromatic heterocycles. The Kier molecular flexibility index (Phi) is 3.93. The maximum atomic E-state index is 13.6. The van der Waals surface area contributed by atoms with Crippen molar-refractivity contribution < 1.29 is 4.39 Å². The second-order valence-corrected chi connectivity index (χ2v) is 5.80. The molecular formula is C18H21FN2. The summed E-state index contributed by atoms with van der Waals surface area (Å²) in [7, 11) is 0. The number of rotatable bonds is 2. The topological polar surface area (TPSA) is 15.3 Å². The first kappa shape index (κ1) is 14.1. The van der Waals surface area contributed by atoms with Crippen molar-refractivity contribution in [1.82, 2.24) is 5.32 Å². The summed E-state index contributed by atoms with van der Waals surface area (Å²) in [6.45, 7) is 5.98. The lowest BCUT2D eigenvalue weighted by molar-refractivity contribution is 0.413. The minimum atomic E-state index is -0.169. The van der Waals surface area contributed by atoms with Crippen LogP contribution in [-0.4, -0.2) is 19.1 Å². The van der Waals surface area contributed by atoms with Gasteiger partial charge in [-0.15, -0.1) is 0 Å². The molecule has 1 N–H and O–H groups in total. The molecular weight excluding hydrogens is 263 g/mol. The van der Waals surface area contributed by atoms with Crippen molar-refractivity contribution in [2.24, 2.45) is 0 Å². The number of aryl methyl sites for hydroxylation is 1. The van der Waals surface area contributed by atoms with Crippen LogP contribution in [0, 0.1) is 12.7 Å². The molecule has 1 saturated heterocycles. The average Bonchev–Trinajstić information content (AvgIpc) is 2.51. The molecule has 2 nitrogen and oxygen atoms in total. The van der Waals surface area contributed by atoms with Crippen LogP contribution in [0.4, 0.5) is 10.1 Å². The number of nitrogens with zero attached hydrogens (tertiary/aromatic N) is 1. The van der Waals surface area contributed by atoms with E-state index in [-0.39, 0.29) is 11.9 Å². The Morgan fingerprint density at radius 2 is 1.90 bits per heavy atom. The minimum absolute atomic E-state index is 0.169. The fourth-order valence-electron chi connectivity index (χ4n) is 3.00. The van der Waals surface area contributed by atoms with Gasteiger partial charge in [-0.25, -0.2) is 4.39 Å². The van der Waals surface area contributed by atoms with Gasteiger partial charge in [-0.3, -0.25) is 0 Å². The van der Waals surface area contributed by atoms with Crippen LogP contribution < -0.4 is 10.2 Å². The highest BCUT2D eigenvalue weighted by molar-refractivity contribution is 5.55. The summed E-state index contributed by atoms with van der Waals surface area (Å²) in [6.07, 6.45) is 0. The summed E-state index contributed by atoms with van der Waals surface area (Å²) >= 11 is 0. The van der Waals surface area contributed by atoms with Crippen LogP contribution in [0.3, 0.4) is 0 Å². The van der Waals surface area contributed by atoms with Gasteiger partial charge >= 0.3 is 0 Å². The smallest absolute Gasteiger partial charge is 0.125 e. The van der Waals surface area contributed by atoms with Crippen molar-refractivity contribution in [2.75, 3.05) is 18.0 Å². The van der Waals surface area contributed by atoms with Gasteiger partial charge < -0.3 is 10.2 Å². The van der Waals surface area contributed by atoms with Crippen molar-refractivity contribution in [1.29, 1.82) is 0 Å². The highest BCUT2D eigenvalue weighted by Gasteiger charge is 2.27. The maximum Gasteiger partial charge on any atom is 0.125 e. The summed E-state index contributed by atoms with van der Waals surface area (Å²) in [6, 6.07) is 16.1. The van der Waals surface area contributed by atoms with Crippen LogP contribution in [0.5, 0.6) is 0 Å². The lowest BCUT2D eigenvalue weighted by atomic mass is 10.0. The second-order valence-electron chi connectivity index (χ2n) is 5.80. The zero-order chi connectivity index (χ0) is 14.8. The molecule has 0 amide bonds. The van der Waals surface area contributed by atoms with Crippen molar-refractivity contribution in [3.05, 3.63) is 65.5 Å². The molecule has 2 aromatic rings. The molecule has 0 saturated carbocycles. The molecule has 1 aliphatic rings. The predicted octanol–water partition coefficient (Wildman–Crippen LogP) is 3.67. The third kappa shape index (κ3) is 2.93. The molecule has 1 heterocycles. The number of benzene rings is 2. The Labute approximate surface area is 125 Å². The van der Waals surface area contributed by atoms with E-state index >= 15 is 0 Å². The molecule has 1 fully saturated rings. The number of hydrogen-bond acceptors (Lipinski definition) is 2. The van der Waals surface area contributed by atoms with Crippen LogP contribution in [0.2, 0.25) is 0 Å². The zero-order valence-electron chi connectivity index (χ0n) is 12.5. The lowest BCUT2D eigenvalue weighted by Gasteiger charge is -2.41. The van der Waals surface area contributed by atoms with Gasteiger partial charge in [0.2, 0.25) is 0 Å². The van der Waals surface area contributed by atoms with E-state index in [4.69, 9.17) is 0 Å². The summed E-state index contributed by atoms with van der Waals surface area (Å²) < 4.78 is 13.6. The minimum Gasteiger partial charge on any atom is -0.365 e. The molecule has 110 valence electrons. The predicted molar refractivity (Wildman–Crippen MR) is 85.1 cm³/mol. The average molecular weight is 284 g/mol. The van der Waals surface area contributed by atoms with E-state index < -0.39 is 0 Å². The Balaban J connectivity index is 1.89. The third-order valence-electron chi connectivity index (χ3n) is 4.25. The van der Waals surface area contributed by atoms with Gasteiger partial charge in [-0.2, -0.15) is 0 Å². The molecule has 1 aliphatic heterocycles. The van der Waals surface area contributed by atoms with Crippen LogP contribution in [0.15, 0.2) is 48.5 Å². The van der Waals surface area contributed by atoms with Crippen molar-refractivity contribution in [3.8, 4) is 0 Å². The van der Waals surface area contributed by atoms with Gasteiger partial charge in [0, 0.05) is 30.9 Å². The molecule has 0 radical (unpaired) electrons. The lowest BCUT2D eigenvalue weighted by Crippen LogP contribution is -2.51. The monoisotopic (exact) mass is 284 g/mol. The molecule has 3 rings (SSSR count). The number of hydrogen-bond donors (Lipinski definition) is 1. The van der Waals surface area contributed by atoms with E-state index in [0.29, 0.717) is 6.04 Å². The summed E-state index contributed by atoms with van der Waals surface area (Å²) in [5.74, 6) is -0.169. The number of nitrogens with one attached hydrogen (secondary N) is 1. The highest BCUT2D eigenvalue weighted by Crippen LogP contribution is 2.28. The van der Waals surface area contributed by atoms with E-state index in [9.17, 15) is 4.39 Å². The molecule has 3 heteroatoms. The first-order valence-electron chi connectivity index (χ1n) is 7.46. The SMILES string of the molecule is Cc1ccc(F)cc1N1CC(c2ccccc2)NCC1C. The first-order chi connectivity index (χ1) is 10.1. The molecule has 0 spiro atoms. The number of anilines is 1. The van der Waals surface area contributed by atoms with Gasteiger partial charge in [-0.05, 0) is 37.1 Å². The van der Waals surface area contributed by atoms with E-state index in [1.165, 1.54) is 11.6 Å². The highest BCUT2D eigenvalue weighted by atomic mass is 19.1. The normalized spacial score (nSPS) is 22.3. The van der Waals surface area contributed by atoms with Gasteiger partial charge in [0.25, 0.3) is 0 Å². The van der Waals surface area contributed by atoms with Crippen LogP contribution >= 0.6 is 0 Å². The van der Waals surface area contributed by atoms with Crippen molar-refractivity contribution >= 4 is 5.69 Å². The van der Waals surface area contributed by atoms with Gasteiger partial charge in [0.15, 0.2) is 0 Å². The second kappa shape index (κ2) is 5.86. The number of piperazine rings is 1. The van der Waals surface area contributed by atoms with Crippen molar-refractivity contribution in [2.45, 2.75) is 25.9 Å². The van der Waals surface area contributed by atoms with Gasteiger partial charge in [0.1, 0.15) is 5.82 Å². The van der Waals surface area contributed by atoms with E-state index in [1.54, 1.807) is 6.07 Å². The molecule has 21 heavy (non-hydrogen) atoms. The van der Waals surface area contributed by atoms with Crippen LogP contribution in [-0.2, 0) is 0 Å². The summed E-state index contributed by atoms with van der Waals surface area (Å²) in [5.41, 5.74) is 3.41. The van der Waals surface area contributed by atoms with E-state index in [1.807, 2.05) is 19.1 Å². The van der Waals surface area contributed by atoms with E-state index in [2.05, 4.69) is 41.4 Å². The summed E-state index contributed by atoms with van der Waals surface area (Å²) in [4.78, 5) is 2.31. The van der Waals surface area contributed by atoms with Gasteiger partial charge in [0.05, 0.1) is 0 Å². The maximum absolute atomic E-state index is 13.6. The number of halogens is 1. The third-order valence-corrected chi connectivity index (χ3v) is 4.25. The molecule has 2 atom stereocenters. The quantitative estimate of drug-likeness (QED) is 0.905. The Morgan fingerprint density at radius 1 is 1.14 bits per heavy atom.